The summed E-state index contributed by atoms with van der Waals surface area (Å²) in [5.74, 6) is 3.32. The molecule has 8 heteroatoms. The fourth-order valence-corrected chi connectivity index (χ4v) is 10.9. The zero-order valence-electron chi connectivity index (χ0n) is 29.5. The van der Waals surface area contributed by atoms with Crippen LogP contribution in [0.2, 0.25) is 0 Å². The Labute approximate surface area is 319 Å². The van der Waals surface area contributed by atoms with Gasteiger partial charge in [0, 0.05) is 39.0 Å². The van der Waals surface area contributed by atoms with Crippen molar-refractivity contribution in [1.82, 2.24) is 0 Å². The molecule has 0 fully saturated rings. The zero-order chi connectivity index (χ0) is 36.0. The van der Waals surface area contributed by atoms with Crippen LogP contribution < -0.4 is 52.1 Å². The number of anilines is 6. The molecular weight excluding hydrogens is 690 g/mol. The van der Waals surface area contributed by atoms with Crippen LogP contribution in [0.1, 0.15) is 0 Å². The van der Waals surface area contributed by atoms with Crippen LogP contribution in [0, 0.1) is 0 Å². The Balaban J connectivity index is 1.14. The zero-order valence-corrected chi connectivity index (χ0v) is 29.5. The monoisotopic (exact) mass is 714 g/mol. The molecule has 0 atom stereocenters. The van der Waals surface area contributed by atoms with Gasteiger partial charge in [0.05, 0.1) is 22.7 Å². The van der Waals surface area contributed by atoms with Crippen molar-refractivity contribution in [3.8, 4) is 23.0 Å². The summed E-state index contributed by atoms with van der Waals surface area (Å²) in [5, 5.41) is 4.38. The highest BCUT2D eigenvalue weighted by Crippen LogP contribution is 2.57. The third kappa shape index (κ3) is 3.12. The molecule has 7 heterocycles. The number of furan rings is 2. The van der Waals surface area contributed by atoms with Crippen LogP contribution in [0.15, 0.2) is 154 Å². The Morgan fingerprint density at radius 1 is 0.375 bits per heavy atom. The summed E-state index contributed by atoms with van der Waals surface area (Å²) in [4.78, 5) is 5.00. The van der Waals surface area contributed by atoms with E-state index in [1.807, 2.05) is 12.1 Å². The van der Waals surface area contributed by atoms with Gasteiger partial charge in [0.15, 0.2) is 0 Å². The van der Waals surface area contributed by atoms with Crippen LogP contribution in [0.5, 0.6) is 23.0 Å². The predicted molar refractivity (Wildman–Crippen MR) is 226 cm³/mol. The molecule has 0 radical (unpaired) electrons. The van der Waals surface area contributed by atoms with E-state index in [-0.39, 0.29) is 13.4 Å². The first-order chi connectivity index (χ1) is 27.8. The van der Waals surface area contributed by atoms with E-state index in [9.17, 15) is 0 Å². The fraction of sp³-hybridized carbons (Fsp3) is 0. The van der Waals surface area contributed by atoms with Gasteiger partial charge in [-0.05, 0) is 93.4 Å². The van der Waals surface area contributed by atoms with Crippen molar-refractivity contribution in [1.29, 1.82) is 0 Å². The molecule has 0 saturated heterocycles. The van der Waals surface area contributed by atoms with Crippen LogP contribution in [0.25, 0.3) is 43.9 Å². The molecule has 0 N–H and O–H groups in total. The van der Waals surface area contributed by atoms with E-state index in [2.05, 4.69) is 143 Å². The number of fused-ring (bicyclic) bond motifs is 14. The van der Waals surface area contributed by atoms with Crippen molar-refractivity contribution in [3.05, 3.63) is 146 Å². The molecule has 0 aliphatic carbocycles. The van der Waals surface area contributed by atoms with Gasteiger partial charge in [-0.15, -0.1) is 0 Å². The van der Waals surface area contributed by atoms with Crippen molar-refractivity contribution >= 4 is 124 Å². The van der Waals surface area contributed by atoms with E-state index >= 15 is 0 Å². The molecule has 256 valence electrons. The second kappa shape index (κ2) is 9.49. The van der Waals surface area contributed by atoms with Gasteiger partial charge in [-0.1, -0.05) is 78.9 Å². The molecule has 8 aromatic carbocycles. The number of rotatable bonds is 1. The van der Waals surface area contributed by atoms with Gasteiger partial charge >= 0.3 is 0 Å². The van der Waals surface area contributed by atoms with Crippen LogP contribution in [-0.4, -0.2) is 13.4 Å². The lowest BCUT2D eigenvalue weighted by Gasteiger charge is -2.51. The fourth-order valence-electron chi connectivity index (χ4n) is 10.9. The SMILES string of the molecule is c1ccc(N2c3cccc4c3N3c5c(cccc52)B2c5c(cc6c(c53)B4c3c(ccc4oc5ccccc5c34)O6)Oc3ccc4oc5ccccc5c4c32)cc1. The number of hydrogen-bond acceptors (Lipinski definition) is 6. The summed E-state index contributed by atoms with van der Waals surface area (Å²) in [6, 6.07) is 51.6. The van der Waals surface area contributed by atoms with E-state index in [0.29, 0.717) is 0 Å². The third-order valence-corrected chi connectivity index (χ3v) is 12.9. The summed E-state index contributed by atoms with van der Waals surface area (Å²) < 4.78 is 27.3. The Morgan fingerprint density at radius 2 is 0.893 bits per heavy atom. The molecule has 0 saturated carbocycles. The normalized spacial score (nSPS) is 14.6. The molecule has 0 unspecified atom stereocenters. The number of hydrogen-bond donors (Lipinski definition) is 0. The van der Waals surface area contributed by atoms with E-state index < -0.39 is 0 Å². The molecule has 0 amide bonds. The van der Waals surface area contributed by atoms with Gasteiger partial charge in [-0.3, -0.25) is 0 Å². The Kier molecular flexibility index (Phi) is 4.77. The highest BCUT2D eigenvalue weighted by atomic mass is 16.5. The molecule has 5 aliphatic heterocycles. The molecule has 0 bridgehead atoms. The van der Waals surface area contributed by atoms with Crippen molar-refractivity contribution in [2.45, 2.75) is 0 Å². The Hall–Kier alpha value is -7.31. The topological polar surface area (TPSA) is 51.2 Å². The average Bonchev–Trinajstić information content (AvgIpc) is 3.82. The molecular formula is C48H24B2N2O4. The molecule has 10 aromatic rings. The summed E-state index contributed by atoms with van der Waals surface area (Å²) >= 11 is 0. The third-order valence-electron chi connectivity index (χ3n) is 12.9. The molecule has 2 aromatic heterocycles. The first-order valence-electron chi connectivity index (χ1n) is 19.2. The Morgan fingerprint density at radius 3 is 1.45 bits per heavy atom. The van der Waals surface area contributed by atoms with Gasteiger partial charge in [-0.25, -0.2) is 0 Å². The summed E-state index contributed by atoms with van der Waals surface area (Å²) in [6.45, 7) is -0.274. The van der Waals surface area contributed by atoms with Crippen LogP contribution in [0.3, 0.4) is 0 Å². The lowest BCUT2D eigenvalue weighted by atomic mass is 9.29. The molecule has 6 nitrogen and oxygen atoms in total. The number of ether oxygens (including phenoxy) is 2. The van der Waals surface area contributed by atoms with E-state index in [1.165, 1.54) is 22.3 Å². The smallest absolute Gasteiger partial charge is 0.257 e. The van der Waals surface area contributed by atoms with Gasteiger partial charge < -0.3 is 28.1 Å². The van der Waals surface area contributed by atoms with Gasteiger partial charge in [0.1, 0.15) is 45.3 Å². The molecule has 5 aliphatic rings. The maximum Gasteiger partial charge on any atom is 0.257 e. The van der Waals surface area contributed by atoms with Gasteiger partial charge in [0.25, 0.3) is 13.4 Å². The van der Waals surface area contributed by atoms with Crippen molar-refractivity contribution in [2.75, 3.05) is 9.80 Å². The van der Waals surface area contributed by atoms with Crippen molar-refractivity contribution < 1.29 is 18.3 Å². The van der Waals surface area contributed by atoms with E-state index in [0.717, 1.165) is 111 Å². The minimum absolute atomic E-state index is 0.137. The minimum Gasteiger partial charge on any atom is -0.458 e. The predicted octanol–water partition coefficient (Wildman–Crippen LogP) is 8.61. The number of benzene rings is 8. The summed E-state index contributed by atoms with van der Waals surface area (Å²) in [7, 11) is 0. The maximum absolute atomic E-state index is 7.09. The number of para-hydroxylation sites is 5. The van der Waals surface area contributed by atoms with E-state index in [1.54, 1.807) is 0 Å². The first kappa shape index (κ1) is 28.2. The quantitative estimate of drug-likeness (QED) is 0.159. The Bertz CT molecular complexity index is 3280. The summed E-state index contributed by atoms with van der Waals surface area (Å²) in [6.07, 6.45) is 0. The molecule has 0 spiro atoms. The van der Waals surface area contributed by atoms with Gasteiger partial charge in [-0.2, -0.15) is 0 Å². The second-order valence-electron chi connectivity index (χ2n) is 15.5. The van der Waals surface area contributed by atoms with Crippen LogP contribution in [0.4, 0.5) is 34.1 Å². The average molecular weight is 714 g/mol. The van der Waals surface area contributed by atoms with Crippen LogP contribution >= 0.6 is 0 Å². The highest BCUT2D eigenvalue weighted by Gasteiger charge is 2.54. The van der Waals surface area contributed by atoms with Crippen molar-refractivity contribution in [3.63, 3.8) is 0 Å². The standard InChI is InChI=1S/C48H24B2N2O4/c1-2-10-25(11-3-1)51-30-16-8-14-28-46(30)52-47-29(15-9-17-31(47)51)50-43-37(23-21-35-41(43)27-13-5-7-19-33(27)54-35)56-39-24-38-44(48(52)45(39)50)49(28)42-36(55-38)22-20-34-40(42)26-12-4-6-18-32(26)53-34/h1-24H. The van der Waals surface area contributed by atoms with Crippen molar-refractivity contribution in [2.24, 2.45) is 0 Å². The summed E-state index contributed by atoms with van der Waals surface area (Å²) in [5.41, 5.74) is 17.4. The highest BCUT2D eigenvalue weighted by molar-refractivity contribution is 7.05. The number of nitrogens with zero attached hydrogens (tertiary/aromatic N) is 2. The molecule has 15 rings (SSSR count). The maximum atomic E-state index is 7.09. The first-order valence-corrected chi connectivity index (χ1v) is 19.2. The lowest BCUT2D eigenvalue weighted by molar-refractivity contribution is 0.466. The minimum atomic E-state index is -0.137. The van der Waals surface area contributed by atoms with Crippen LogP contribution in [-0.2, 0) is 0 Å². The van der Waals surface area contributed by atoms with E-state index in [4.69, 9.17) is 18.3 Å². The largest absolute Gasteiger partial charge is 0.458 e. The second-order valence-corrected chi connectivity index (χ2v) is 15.5. The lowest BCUT2D eigenvalue weighted by Crippen LogP contribution is -2.67. The van der Waals surface area contributed by atoms with Gasteiger partial charge in [0.2, 0.25) is 0 Å². The molecule has 56 heavy (non-hydrogen) atoms.